The molecule has 0 aromatic rings. The Hall–Kier alpha value is 1.44. The molecule has 0 fully saturated rings. The zero-order valence-electron chi connectivity index (χ0n) is 7.28. The molecule has 0 aliphatic heterocycles. The van der Waals surface area contributed by atoms with E-state index < -0.39 is 6.00 Å². The summed E-state index contributed by atoms with van der Waals surface area (Å²) in [5.41, 5.74) is 0. The maximum absolute atomic E-state index is 5.73. The van der Waals surface area contributed by atoms with Crippen LogP contribution in [0, 0.1) is 0 Å². The summed E-state index contributed by atoms with van der Waals surface area (Å²) >= 11 is 19.2. The molecule has 0 N–H and O–H groups in total. The zero-order chi connectivity index (χ0) is 9.45. The summed E-state index contributed by atoms with van der Waals surface area (Å²) in [5.74, 6) is 2.39. The average Bonchev–Trinajstić information content (AvgIpc) is 1.94. The first-order valence-electron chi connectivity index (χ1n) is 4.20. The topological polar surface area (TPSA) is 0 Å². The summed E-state index contributed by atoms with van der Waals surface area (Å²) in [4.78, 5) is 0. The van der Waals surface area contributed by atoms with E-state index in [4.69, 9.17) is 33.2 Å². The van der Waals surface area contributed by atoms with E-state index in [-0.39, 0.29) is 0 Å². The second-order valence-electron chi connectivity index (χ2n) is 2.68. The van der Waals surface area contributed by atoms with Crippen molar-refractivity contribution in [2.75, 3.05) is 11.5 Å². The van der Waals surface area contributed by atoms with E-state index in [2.05, 4.69) is 6.92 Å². The van der Waals surface area contributed by atoms with Gasteiger partial charge >= 0.3 is 6.00 Å². The van der Waals surface area contributed by atoms with Gasteiger partial charge < -0.3 is 0 Å². The largest absolute Gasteiger partial charge is 0.341 e. The number of hydrogen-bond acceptors (Lipinski definition) is 1. The molecule has 0 bridgehead atoms. The van der Waals surface area contributed by atoms with Crippen LogP contribution in [0.4, 0.5) is 0 Å². The summed E-state index contributed by atoms with van der Waals surface area (Å²) < 4.78 is 0. The van der Waals surface area contributed by atoms with Crippen LogP contribution in [0.3, 0.4) is 0 Å². The predicted octanol–water partition coefficient (Wildman–Crippen LogP) is 4.57. The third kappa shape index (κ3) is 11.4. The second kappa shape index (κ2) is 7.81. The molecule has 0 aliphatic rings. The Kier molecular flexibility index (Phi) is 8.74. The van der Waals surface area contributed by atoms with E-state index in [0.717, 1.165) is 18.2 Å². The van der Waals surface area contributed by atoms with Crippen molar-refractivity contribution in [2.24, 2.45) is 0 Å². The smallest absolute Gasteiger partial charge is 0.162 e. The van der Waals surface area contributed by atoms with Crippen LogP contribution in [0.1, 0.15) is 26.2 Å². The summed E-state index contributed by atoms with van der Waals surface area (Å²) in [6.45, 7) is 2.20. The Bertz CT molecular complexity index is 105. The predicted molar refractivity (Wildman–Crippen MR) is 65.0 cm³/mol. The van der Waals surface area contributed by atoms with Crippen molar-refractivity contribution in [2.45, 2.75) is 32.2 Å². The number of thioether (sulfide) groups is 1. The van der Waals surface area contributed by atoms with Gasteiger partial charge in [0.25, 0.3) is 0 Å². The minimum absolute atomic E-state index is 0.802. The van der Waals surface area contributed by atoms with Crippen LogP contribution in [0.5, 0.6) is 0 Å². The van der Waals surface area contributed by atoms with Crippen molar-refractivity contribution in [3.63, 3.8) is 0 Å². The van der Waals surface area contributed by atoms with E-state index in [9.17, 15) is 0 Å². The first-order chi connectivity index (χ1) is 5.56. The van der Waals surface area contributed by atoms with Gasteiger partial charge in [-0.15, -0.1) is 33.2 Å². The number of hydrogen-bond donors (Lipinski definition) is 0. The maximum Gasteiger partial charge on any atom is 0.341 e. The number of unbranched alkanes of at least 4 members (excludes halogenated alkanes) is 1. The minimum Gasteiger partial charge on any atom is -0.162 e. The van der Waals surface area contributed by atoms with E-state index >= 15 is 0 Å². The van der Waals surface area contributed by atoms with Gasteiger partial charge in [-0.25, -0.2) is 0 Å². The molecular weight excluding hydrogens is 251 g/mol. The second-order valence-corrected chi connectivity index (χ2v) is 13.2. The molecule has 0 heterocycles. The van der Waals surface area contributed by atoms with Crippen molar-refractivity contribution in [3.05, 3.63) is 0 Å². The zero-order valence-corrected chi connectivity index (χ0v) is 11.4. The average molecular weight is 266 g/mol. The minimum atomic E-state index is -2.32. The van der Waals surface area contributed by atoms with Crippen molar-refractivity contribution in [1.82, 2.24) is 0 Å². The van der Waals surface area contributed by atoms with Crippen molar-refractivity contribution in [1.29, 1.82) is 0 Å². The van der Waals surface area contributed by atoms with Crippen LogP contribution in [0.15, 0.2) is 0 Å². The Balaban J connectivity index is 3.01. The highest BCUT2D eigenvalue weighted by molar-refractivity contribution is 7.99. The van der Waals surface area contributed by atoms with Crippen LogP contribution in [-0.2, 0) is 0 Å². The fourth-order valence-corrected chi connectivity index (χ4v) is 3.81. The normalized spacial score (nSPS) is 12.0. The number of rotatable bonds is 7. The highest BCUT2D eigenvalue weighted by Gasteiger charge is 2.23. The first kappa shape index (κ1) is 13.4. The van der Waals surface area contributed by atoms with E-state index in [0.29, 0.717) is 0 Å². The first-order valence-corrected chi connectivity index (χ1v) is 10.6. The quantitative estimate of drug-likeness (QED) is 0.369. The lowest BCUT2D eigenvalue weighted by molar-refractivity contribution is 0.895. The van der Waals surface area contributed by atoms with Gasteiger partial charge in [-0.2, -0.15) is 11.8 Å². The van der Waals surface area contributed by atoms with Crippen LogP contribution >= 0.6 is 45.0 Å². The third-order valence-electron chi connectivity index (χ3n) is 1.39. The molecule has 0 radical (unpaired) electrons. The van der Waals surface area contributed by atoms with Gasteiger partial charge in [-0.1, -0.05) is 13.3 Å². The molecule has 0 atom stereocenters. The highest BCUT2D eigenvalue weighted by atomic mass is 35.8. The molecule has 0 amide bonds. The van der Waals surface area contributed by atoms with Gasteiger partial charge in [0.05, 0.1) is 0 Å². The fourth-order valence-electron chi connectivity index (χ4n) is 0.723. The highest BCUT2D eigenvalue weighted by Crippen LogP contribution is 2.27. The molecule has 0 aliphatic carbocycles. The van der Waals surface area contributed by atoms with Crippen LogP contribution < -0.4 is 0 Å². The summed E-state index contributed by atoms with van der Waals surface area (Å²) in [6.07, 6.45) is 3.62. The molecule has 0 aromatic carbocycles. The lowest BCUT2D eigenvalue weighted by Gasteiger charge is -2.06. The molecule has 0 saturated carbocycles. The molecule has 0 saturated heterocycles. The molecule has 0 spiro atoms. The van der Waals surface area contributed by atoms with Crippen LogP contribution in [0.25, 0.3) is 0 Å². The van der Waals surface area contributed by atoms with E-state index in [1.807, 2.05) is 11.8 Å². The Morgan fingerprint density at radius 3 is 2.17 bits per heavy atom. The van der Waals surface area contributed by atoms with Gasteiger partial charge in [0.1, 0.15) is 0 Å². The maximum atomic E-state index is 5.73. The molecule has 0 unspecified atom stereocenters. The van der Waals surface area contributed by atoms with Crippen LogP contribution in [-0.4, -0.2) is 17.5 Å². The SMILES string of the molecule is CCCCSCCC[Si](Cl)(Cl)Cl. The van der Waals surface area contributed by atoms with E-state index in [1.165, 1.54) is 18.6 Å². The lowest BCUT2D eigenvalue weighted by atomic mass is 10.4. The van der Waals surface area contributed by atoms with Gasteiger partial charge in [0.2, 0.25) is 0 Å². The number of halogens is 3. The monoisotopic (exact) mass is 264 g/mol. The summed E-state index contributed by atoms with van der Waals surface area (Å²) in [5, 5.41) is 0. The molecule has 0 rings (SSSR count). The van der Waals surface area contributed by atoms with Crippen molar-refractivity contribution in [3.8, 4) is 0 Å². The standard InChI is InChI=1S/C7H15Cl3SSi/c1-2-3-5-11-6-4-7-12(8,9)10/h2-7H2,1H3. The molecule has 0 aromatic heterocycles. The van der Waals surface area contributed by atoms with Gasteiger partial charge in [0, 0.05) is 0 Å². The molecule has 5 heteroatoms. The van der Waals surface area contributed by atoms with Gasteiger partial charge in [-0.3, -0.25) is 0 Å². The van der Waals surface area contributed by atoms with E-state index in [1.54, 1.807) is 0 Å². The molecular formula is C7H15Cl3SSi. The lowest BCUT2D eigenvalue weighted by Crippen LogP contribution is -2.08. The summed E-state index contributed by atoms with van der Waals surface area (Å²) in [7, 11) is 0. The molecule has 74 valence electrons. The third-order valence-corrected chi connectivity index (χ3v) is 5.17. The fraction of sp³-hybridized carbons (Fsp3) is 1.00. The van der Waals surface area contributed by atoms with Crippen LogP contribution in [0.2, 0.25) is 6.04 Å². The Labute approximate surface area is 94.5 Å². The Morgan fingerprint density at radius 1 is 1.08 bits per heavy atom. The molecule has 12 heavy (non-hydrogen) atoms. The molecule has 0 nitrogen and oxygen atoms in total. The van der Waals surface area contributed by atoms with Crippen molar-refractivity contribution < 1.29 is 0 Å². The summed E-state index contributed by atoms with van der Waals surface area (Å²) in [6, 6.07) is -1.52. The Morgan fingerprint density at radius 2 is 1.67 bits per heavy atom. The van der Waals surface area contributed by atoms with Crippen molar-refractivity contribution >= 4 is 51.0 Å². The van der Waals surface area contributed by atoms with Gasteiger partial charge in [0.15, 0.2) is 0 Å². The van der Waals surface area contributed by atoms with Gasteiger partial charge in [-0.05, 0) is 30.4 Å².